The summed E-state index contributed by atoms with van der Waals surface area (Å²) in [5.74, 6) is 0.577. The molecular formula is C21H23N3O5S. The van der Waals surface area contributed by atoms with E-state index in [0.717, 1.165) is 10.9 Å². The van der Waals surface area contributed by atoms with Crippen molar-refractivity contribution in [3.05, 3.63) is 65.0 Å². The Balaban J connectivity index is 1.55. The molecule has 3 aromatic rings. The monoisotopic (exact) mass is 429 g/mol. The van der Waals surface area contributed by atoms with Crippen molar-refractivity contribution < 1.29 is 17.9 Å². The smallest absolute Gasteiger partial charge is 0.248 e. The zero-order valence-corrected chi connectivity index (χ0v) is 17.3. The van der Waals surface area contributed by atoms with Crippen LogP contribution in [0.3, 0.4) is 0 Å². The molecule has 3 rings (SSSR count). The van der Waals surface area contributed by atoms with Crippen LogP contribution in [0.15, 0.2) is 64.3 Å². The van der Waals surface area contributed by atoms with Crippen LogP contribution in [0.5, 0.6) is 5.75 Å². The lowest BCUT2D eigenvalue weighted by atomic mass is 10.2. The van der Waals surface area contributed by atoms with Crippen LogP contribution in [0.25, 0.3) is 10.9 Å². The third-order valence-corrected chi connectivity index (χ3v) is 5.52. The van der Waals surface area contributed by atoms with Gasteiger partial charge in [0, 0.05) is 35.6 Å². The number of H-pyrrole nitrogens is 1. The number of rotatable bonds is 8. The molecule has 0 saturated carbocycles. The van der Waals surface area contributed by atoms with E-state index in [1.165, 1.54) is 18.2 Å². The number of nitrogens with two attached hydrogens (primary N) is 1. The molecule has 0 bridgehead atoms. The van der Waals surface area contributed by atoms with E-state index in [1.807, 2.05) is 13.0 Å². The summed E-state index contributed by atoms with van der Waals surface area (Å²) in [4.78, 5) is 28.2. The molecule has 0 unspecified atom stereocenters. The summed E-state index contributed by atoms with van der Waals surface area (Å²) in [5, 5.41) is 5.97. The van der Waals surface area contributed by atoms with Crippen LogP contribution < -0.4 is 20.3 Å². The molecule has 30 heavy (non-hydrogen) atoms. The number of carbonyl (C=O) groups excluding carboxylic acids is 1. The summed E-state index contributed by atoms with van der Waals surface area (Å²) in [7, 11) is -3.77. The number of benzene rings is 2. The predicted octanol–water partition coefficient (Wildman–Crippen LogP) is 2.39. The lowest BCUT2D eigenvalue weighted by molar-refractivity contribution is -0.118. The second-order valence-corrected chi connectivity index (χ2v) is 8.26. The van der Waals surface area contributed by atoms with Gasteiger partial charge in [-0.3, -0.25) is 9.59 Å². The summed E-state index contributed by atoms with van der Waals surface area (Å²) in [6.07, 6.45) is 0.805. The number of carbonyl (C=O) groups is 1. The van der Waals surface area contributed by atoms with E-state index in [-0.39, 0.29) is 22.8 Å². The summed E-state index contributed by atoms with van der Waals surface area (Å²) in [6, 6.07) is 14.5. The minimum atomic E-state index is -3.77. The molecule has 0 fully saturated rings. The molecule has 0 aliphatic rings. The van der Waals surface area contributed by atoms with Crippen molar-refractivity contribution in [1.29, 1.82) is 0 Å². The van der Waals surface area contributed by atoms with Gasteiger partial charge < -0.3 is 14.6 Å². The SMILES string of the molecule is CCN(C(=O)CCCOc1ccc2[nH]c(=O)ccc2c1)c1ccc(S(N)(=O)=O)cc1. The highest BCUT2D eigenvalue weighted by molar-refractivity contribution is 7.89. The fraction of sp³-hybridized carbons (Fsp3) is 0.238. The van der Waals surface area contributed by atoms with E-state index in [9.17, 15) is 18.0 Å². The topological polar surface area (TPSA) is 123 Å². The van der Waals surface area contributed by atoms with Gasteiger partial charge in [0.15, 0.2) is 0 Å². The summed E-state index contributed by atoms with van der Waals surface area (Å²) in [6.45, 7) is 2.67. The van der Waals surface area contributed by atoms with Crippen LogP contribution in [-0.4, -0.2) is 32.5 Å². The van der Waals surface area contributed by atoms with Gasteiger partial charge in [-0.25, -0.2) is 13.6 Å². The Morgan fingerprint density at radius 1 is 1.10 bits per heavy atom. The minimum absolute atomic E-state index is 0.00242. The van der Waals surface area contributed by atoms with Gasteiger partial charge in [-0.05, 0) is 61.9 Å². The zero-order chi connectivity index (χ0) is 21.7. The third-order valence-electron chi connectivity index (χ3n) is 4.59. The number of hydrogen-bond acceptors (Lipinski definition) is 5. The molecule has 1 heterocycles. The van der Waals surface area contributed by atoms with Crippen molar-refractivity contribution >= 4 is 32.5 Å². The number of amides is 1. The number of aromatic nitrogens is 1. The number of nitrogens with zero attached hydrogens (tertiary/aromatic N) is 1. The molecule has 1 aromatic heterocycles. The van der Waals surface area contributed by atoms with E-state index >= 15 is 0 Å². The molecule has 9 heteroatoms. The molecule has 0 radical (unpaired) electrons. The lowest BCUT2D eigenvalue weighted by Gasteiger charge is -2.21. The number of sulfonamides is 1. The number of hydrogen-bond donors (Lipinski definition) is 2. The molecule has 158 valence electrons. The number of aromatic amines is 1. The first-order valence-corrected chi connectivity index (χ1v) is 11.0. The Labute approximate surface area is 174 Å². The highest BCUT2D eigenvalue weighted by Gasteiger charge is 2.15. The van der Waals surface area contributed by atoms with Crippen molar-refractivity contribution in [2.24, 2.45) is 5.14 Å². The molecule has 2 aromatic carbocycles. The Morgan fingerprint density at radius 3 is 2.50 bits per heavy atom. The van der Waals surface area contributed by atoms with Crippen LogP contribution >= 0.6 is 0 Å². The second kappa shape index (κ2) is 9.10. The number of pyridine rings is 1. The fourth-order valence-corrected chi connectivity index (χ4v) is 3.60. The van der Waals surface area contributed by atoms with Gasteiger partial charge in [0.1, 0.15) is 5.75 Å². The van der Waals surface area contributed by atoms with Crippen molar-refractivity contribution in [3.63, 3.8) is 0 Å². The highest BCUT2D eigenvalue weighted by atomic mass is 32.2. The van der Waals surface area contributed by atoms with Gasteiger partial charge in [0.2, 0.25) is 21.5 Å². The Bertz CT molecular complexity index is 1200. The molecule has 0 aliphatic heterocycles. The van der Waals surface area contributed by atoms with E-state index in [0.29, 0.717) is 31.0 Å². The van der Waals surface area contributed by atoms with E-state index in [1.54, 1.807) is 35.2 Å². The fourth-order valence-electron chi connectivity index (χ4n) is 3.09. The Morgan fingerprint density at radius 2 is 1.83 bits per heavy atom. The standard InChI is InChI=1S/C21H23N3O5S/c1-2-24(16-6-9-18(10-7-16)30(22,27)28)21(26)4-3-13-29-17-8-11-19-15(14-17)5-12-20(25)23-19/h5-12,14H,2-4,13H2,1H3,(H,23,25)(H2,22,27,28). The predicted molar refractivity (Wildman–Crippen MR) is 115 cm³/mol. The number of fused-ring (bicyclic) bond motifs is 1. The summed E-state index contributed by atoms with van der Waals surface area (Å²) in [5.41, 5.74) is 1.19. The maximum absolute atomic E-state index is 12.6. The van der Waals surface area contributed by atoms with Gasteiger partial charge in [0.25, 0.3) is 0 Å². The van der Waals surface area contributed by atoms with Crippen molar-refractivity contribution in [1.82, 2.24) is 4.98 Å². The maximum atomic E-state index is 12.6. The van der Waals surface area contributed by atoms with Crippen molar-refractivity contribution in [2.75, 3.05) is 18.1 Å². The van der Waals surface area contributed by atoms with E-state index in [4.69, 9.17) is 9.88 Å². The molecule has 1 amide bonds. The van der Waals surface area contributed by atoms with E-state index in [2.05, 4.69) is 4.98 Å². The summed E-state index contributed by atoms with van der Waals surface area (Å²) >= 11 is 0. The number of ether oxygens (including phenoxy) is 1. The van der Waals surface area contributed by atoms with Gasteiger partial charge >= 0.3 is 0 Å². The lowest BCUT2D eigenvalue weighted by Crippen LogP contribution is -2.30. The van der Waals surface area contributed by atoms with Crippen LogP contribution in [0, 0.1) is 0 Å². The molecule has 0 aliphatic carbocycles. The van der Waals surface area contributed by atoms with Gasteiger partial charge in [-0.15, -0.1) is 0 Å². The first-order chi connectivity index (χ1) is 14.3. The van der Waals surface area contributed by atoms with Crippen molar-refractivity contribution in [3.8, 4) is 5.75 Å². The Kier molecular flexibility index (Phi) is 6.53. The second-order valence-electron chi connectivity index (χ2n) is 6.70. The number of nitrogens with one attached hydrogen (secondary N) is 1. The van der Waals surface area contributed by atoms with Crippen molar-refractivity contribution in [2.45, 2.75) is 24.7 Å². The zero-order valence-electron chi connectivity index (χ0n) is 16.5. The Hall–Kier alpha value is -3.17. The molecule has 0 atom stereocenters. The minimum Gasteiger partial charge on any atom is -0.494 e. The quantitative estimate of drug-likeness (QED) is 0.532. The third kappa shape index (κ3) is 5.25. The molecule has 0 spiro atoms. The summed E-state index contributed by atoms with van der Waals surface area (Å²) < 4.78 is 28.5. The molecule has 0 saturated heterocycles. The number of anilines is 1. The van der Waals surface area contributed by atoms with Crippen LogP contribution in [0.1, 0.15) is 19.8 Å². The van der Waals surface area contributed by atoms with Gasteiger partial charge in [-0.2, -0.15) is 0 Å². The average Bonchev–Trinajstić information content (AvgIpc) is 2.71. The average molecular weight is 429 g/mol. The highest BCUT2D eigenvalue weighted by Crippen LogP contribution is 2.20. The molecule has 3 N–H and O–H groups in total. The van der Waals surface area contributed by atoms with Gasteiger partial charge in [0.05, 0.1) is 11.5 Å². The molecule has 8 nitrogen and oxygen atoms in total. The first-order valence-electron chi connectivity index (χ1n) is 9.47. The maximum Gasteiger partial charge on any atom is 0.248 e. The van der Waals surface area contributed by atoms with Crippen LogP contribution in [0.4, 0.5) is 5.69 Å². The normalized spacial score (nSPS) is 11.4. The molecular weight excluding hydrogens is 406 g/mol. The van der Waals surface area contributed by atoms with E-state index < -0.39 is 10.0 Å². The van der Waals surface area contributed by atoms with Gasteiger partial charge in [-0.1, -0.05) is 0 Å². The number of primary sulfonamides is 1. The largest absolute Gasteiger partial charge is 0.494 e. The van der Waals surface area contributed by atoms with Crippen LogP contribution in [-0.2, 0) is 14.8 Å². The van der Waals surface area contributed by atoms with Crippen LogP contribution in [0.2, 0.25) is 0 Å². The first kappa shape index (κ1) is 21.5.